The van der Waals surface area contributed by atoms with Gasteiger partial charge in [-0.2, -0.15) is 5.10 Å². The van der Waals surface area contributed by atoms with E-state index in [0.717, 1.165) is 42.8 Å². The fourth-order valence-corrected chi connectivity index (χ4v) is 3.20. The van der Waals surface area contributed by atoms with Crippen molar-refractivity contribution in [2.75, 3.05) is 6.54 Å². The zero-order valence-corrected chi connectivity index (χ0v) is 11.7. The van der Waals surface area contributed by atoms with Crippen molar-refractivity contribution in [3.8, 4) is 0 Å². The third-order valence-corrected chi connectivity index (χ3v) is 4.22. The van der Waals surface area contributed by atoms with Gasteiger partial charge in [0.2, 0.25) is 0 Å². The van der Waals surface area contributed by atoms with Crippen LogP contribution in [0, 0.1) is 0 Å². The Morgan fingerprint density at radius 2 is 2.29 bits per heavy atom. The minimum Gasteiger partial charge on any atom is -0.383 e. The molecule has 0 aliphatic carbocycles. The smallest absolute Gasteiger partial charge is 0.319 e. The van der Waals surface area contributed by atoms with Gasteiger partial charge in [-0.15, -0.1) is 0 Å². The van der Waals surface area contributed by atoms with Gasteiger partial charge in [0.1, 0.15) is 0 Å². The highest BCUT2D eigenvalue weighted by atomic mass is 16.2. The van der Waals surface area contributed by atoms with Crippen LogP contribution >= 0.6 is 0 Å². The number of amides is 2. The van der Waals surface area contributed by atoms with Crippen LogP contribution in [0.4, 0.5) is 4.79 Å². The minimum atomic E-state index is -0.438. The lowest BCUT2D eigenvalue weighted by atomic mass is 9.97. The summed E-state index contributed by atoms with van der Waals surface area (Å²) in [5, 5.41) is 8.14. The van der Waals surface area contributed by atoms with Crippen LogP contribution in [0.2, 0.25) is 0 Å². The number of allylic oxidation sites excluding steroid dienone is 2. The van der Waals surface area contributed by atoms with E-state index >= 15 is 0 Å². The number of hydrogen-bond acceptors (Lipinski definition) is 3. The lowest BCUT2D eigenvalue weighted by Gasteiger charge is -2.24. The monoisotopic (exact) mass is 283 g/mol. The third kappa shape index (κ3) is 1.86. The Bertz CT molecular complexity index is 710. The molecule has 1 aromatic heterocycles. The molecule has 3 N–H and O–H groups in total. The molecule has 4 rings (SSSR count). The van der Waals surface area contributed by atoms with Crippen LogP contribution in [0.5, 0.6) is 0 Å². The molecule has 0 radical (unpaired) electrons. The van der Waals surface area contributed by atoms with Crippen LogP contribution in [0.3, 0.4) is 0 Å². The van der Waals surface area contributed by atoms with Crippen LogP contribution in [0.15, 0.2) is 17.8 Å². The molecule has 0 atom stereocenters. The molecule has 6 nitrogen and oxygen atoms in total. The van der Waals surface area contributed by atoms with Crippen LogP contribution in [0.25, 0.3) is 18.0 Å². The number of nitrogens with zero attached hydrogens (tertiary/aromatic N) is 3. The first-order chi connectivity index (χ1) is 10.2. The molecule has 0 bridgehead atoms. The maximum Gasteiger partial charge on any atom is 0.319 e. The first-order valence-electron chi connectivity index (χ1n) is 7.22. The molecule has 0 spiro atoms. The number of hydrogen-bond donors (Lipinski definition) is 2. The lowest BCUT2D eigenvalue weighted by Crippen LogP contribution is -2.32. The highest BCUT2D eigenvalue weighted by Crippen LogP contribution is 2.34. The Kier molecular flexibility index (Phi) is 2.63. The topological polar surface area (TPSA) is 76.2 Å². The summed E-state index contributed by atoms with van der Waals surface area (Å²) in [6, 6.07) is -0.438. The normalized spacial score (nSPS) is 19.5. The Labute approximate surface area is 122 Å². The molecule has 4 heterocycles. The number of rotatable bonds is 0. The van der Waals surface area contributed by atoms with Crippen LogP contribution in [-0.2, 0) is 6.54 Å². The summed E-state index contributed by atoms with van der Waals surface area (Å²) in [4.78, 5) is 12.9. The van der Waals surface area contributed by atoms with E-state index in [4.69, 9.17) is 5.73 Å². The summed E-state index contributed by atoms with van der Waals surface area (Å²) in [6.07, 6.45) is 10.9. The summed E-state index contributed by atoms with van der Waals surface area (Å²) >= 11 is 0. The SMILES string of the molecule is NC(=O)N1C=Cc2nn3c(c2C1)C1=C(CC=C3)CCCN1. The van der Waals surface area contributed by atoms with Crippen molar-refractivity contribution in [1.82, 2.24) is 20.0 Å². The third-order valence-electron chi connectivity index (χ3n) is 4.22. The van der Waals surface area contributed by atoms with Gasteiger partial charge in [0.25, 0.3) is 0 Å². The second-order valence-electron chi connectivity index (χ2n) is 5.54. The zero-order valence-electron chi connectivity index (χ0n) is 11.7. The number of primary amides is 1. The van der Waals surface area contributed by atoms with Crippen molar-refractivity contribution >= 4 is 24.0 Å². The second-order valence-corrected chi connectivity index (χ2v) is 5.54. The molecule has 0 unspecified atom stereocenters. The van der Waals surface area contributed by atoms with Crippen molar-refractivity contribution in [1.29, 1.82) is 0 Å². The summed E-state index contributed by atoms with van der Waals surface area (Å²) in [7, 11) is 0. The first kappa shape index (κ1) is 12.3. The molecule has 0 aromatic carbocycles. The second kappa shape index (κ2) is 4.51. The Morgan fingerprint density at radius 1 is 1.38 bits per heavy atom. The summed E-state index contributed by atoms with van der Waals surface area (Å²) < 4.78 is 1.92. The first-order valence-corrected chi connectivity index (χ1v) is 7.22. The van der Waals surface area contributed by atoms with Crippen LogP contribution in [-0.4, -0.2) is 27.3 Å². The number of urea groups is 1. The molecule has 0 saturated heterocycles. The fourth-order valence-electron chi connectivity index (χ4n) is 3.20. The van der Waals surface area contributed by atoms with E-state index in [1.807, 2.05) is 17.0 Å². The molecule has 1 aromatic rings. The number of aromatic nitrogens is 2. The van der Waals surface area contributed by atoms with Crippen molar-refractivity contribution in [3.63, 3.8) is 0 Å². The Hall–Kier alpha value is -2.50. The maximum absolute atomic E-state index is 11.4. The van der Waals surface area contributed by atoms with Gasteiger partial charge in [-0.05, 0) is 30.9 Å². The molecule has 3 aliphatic heterocycles. The maximum atomic E-state index is 11.4. The van der Waals surface area contributed by atoms with Gasteiger partial charge in [0.05, 0.1) is 23.6 Å². The average molecular weight is 283 g/mol. The molecule has 6 heteroatoms. The van der Waals surface area contributed by atoms with Gasteiger partial charge in [-0.3, -0.25) is 4.90 Å². The Morgan fingerprint density at radius 3 is 3.14 bits per heavy atom. The number of nitrogens with two attached hydrogens (primary N) is 1. The van der Waals surface area contributed by atoms with Gasteiger partial charge in [0.15, 0.2) is 0 Å². The largest absolute Gasteiger partial charge is 0.383 e. The number of nitrogens with one attached hydrogen (secondary N) is 1. The minimum absolute atomic E-state index is 0.438. The van der Waals surface area contributed by atoms with Crippen molar-refractivity contribution in [3.05, 3.63) is 34.8 Å². The average Bonchev–Trinajstić information content (AvgIpc) is 2.74. The van der Waals surface area contributed by atoms with Gasteiger partial charge >= 0.3 is 6.03 Å². The van der Waals surface area contributed by atoms with Gasteiger partial charge in [-0.25, -0.2) is 9.48 Å². The van der Waals surface area contributed by atoms with E-state index in [0.29, 0.717) is 6.54 Å². The van der Waals surface area contributed by atoms with Crippen molar-refractivity contribution in [2.45, 2.75) is 25.8 Å². The molecule has 108 valence electrons. The summed E-state index contributed by atoms with van der Waals surface area (Å²) in [6.45, 7) is 1.46. The van der Waals surface area contributed by atoms with E-state index < -0.39 is 6.03 Å². The lowest BCUT2D eigenvalue weighted by molar-refractivity contribution is 0.223. The molecular weight excluding hydrogens is 266 g/mol. The standard InChI is InChI=1S/C15H17N5O/c16-15(21)19-8-5-12-11(9-19)14-13-10(3-1-6-17-13)4-2-7-20(14)18-12/h2,5,7-8,17H,1,3-4,6,9H2,(H2,16,21). The molecule has 21 heavy (non-hydrogen) atoms. The summed E-state index contributed by atoms with van der Waals surface area (Å²) in [5.74, 6) is 0. The fraction of sp³-hybridized carbons (Fsp3) is 0.333. The quantitative estimate of drug-likeness (QED) is 0.761. The number of carbonyl (C=O) groups excluding carboxylic acids is 1. The van der Waals surface area contributed by atoms with Crippen LogP contribution in [0.1, 0.15) is 36.2 Å². The van der Waals surface area contributed by atoms with E-state index in [9.17, 15) is 4.79 Å². The molecule has 3 aliphatic rings. The Balaban J connectivity index is 1.87. The van der Waals surface area contributed by atoms with Crippen molar-refractivity contribution in [2.24, 2.45) is 5.73 Å². The predicted octanol–water partition coefficient (Wildman–Crippen LogP) is 1.72. The molecular formula is C15H17N5O. The van der Waals surface area contributed by atoms with E-state index in [2.05, 4.69) is 16.5 Å². The molecule has 2 amide bonds. The number of fused-ring (bicyclic) bond motifs is 4. The van der Waals surface area contributed by atoms with E-state index in [1.54, 1.807) is 6.20 Å². The number of carbonyl (C=O) groups is 1. The van der Waals surface area contributed by atoms with Gasteiger partial charge in [-0.1, -0.05) is 6.08 Å². The van der Waals surface area contributed by atoms with Crippen molar-refractivity contribution < 1.29 is 4.79 Å². The van der Waals surface area contributed by atoms with Gasteiger partial charge in [0, 0.05) is 24.5 Å². The van der Waals surface area contributed by atoms with Gasteiger partial charge < -0.3 is 11.1 Å². The highest BCUT2D eigenvalue weighted by Gasteiger charge is 2.27. The molecule has 0 fully saturated rings. The molecule has 0 saturated carbocycles. The summed E-state index contributed by atoms with van der Waals surface area (Å²) in [5.41, 5.74) is 11.0. The predicted molar refractivity (Wildman–Crippen MR) is 80.5 cm³/mol. The zero-order chi connectivity index (χ0) is 14.4. The highest BCUT2D eigenvalue weighted by molar-refractivity contribution is 5.79. The van der Waals surface area contributed by atoms with E-state index in [1.165, 1.54) is 16.2 Å². The van der Waals surface area contributed by atoms with Crippen LogP contribution < -0.4 is 11.1 Å². The van der Waals surface area contributed by atoms with E-state index in [-0.39, 0.29) is 0 Å².